The van der Waals surface area contributed by atoms with Crippen LogP contribution in [0.1, 0.15) is 37.2 Å². The lowest BCUT2D eigenvalue weighted by Crippen LogP contribution is -2.37. The van der Waals surface area contributed by atoms with Crippen molar-refractivity contribution < 1.29 is 9.90 Å². The second-order valence-corrected chi connectivity index (χ2v) is 5.86. The molecule has 3 atom stereocenters. The Morgan fingerprint density at radius 1 is 1.30 bits per heavy atom. The van der Waals surface area contributed by atoms with Gasteiger partial charge in [-0.15, -0.1) is 0 Å². The fourth-order valence-corrected chi connectivity index (χ4v) is 3.35. The van der Waals surface area contributed by atoms with E-state index in [4.69, 9.17) is 0 Å². The summed E-state index contributed by atoms with van der Waals surface area (Å²) in [6.45, 7) is 1.44. The third kappa shape index (κ3) is 2.66. The molecule has 1 aliphatic heterocycles. The molecule has 0 aromatic heterocycles. The minimum Gasteiger partial charge on any atom is -0.393 e. The number of hydrogen-bond donors (Lipinski definition) is 3. The van der Waals surface area contributed by atoms with E-state index >= 15 is 0 Å². The molecule has 1 heterocycles. The summed E-state index contributed by atoms with van der Waals surface area (Å²) < 4.78 is 0. The molecule has 1 saturated carbocycles. The molecule has 1 amide bonds. The number of benzene rings is 1. The zero-order valence-electron chi connectivity index (χ0n) is 11.6. The molecule has 0 bridgehead atoms. The van der Waals surface area contributed by atoms with Crippen LogP contribution in [0.2, 0.25) is 0 Å². The van der Waals surface area contributed by atoms with Crippen LogP contribution >= 0.6 is 0 Å². The number of aliphatic hydroxyl groups is 1. The number of hydrogen-bond acceptors (Lipinski definition) is 3. The Hall–Kier alpha value is -1.55. The Balaban J connectivity index is 1.63. The van der Waals surface area contributed by atoms with E-state index in [0.29, 0.717) is 6.54 Å². The largest absolute Gasteiger partial charge is 0.393 e. The number of carbonyl (C=O) groups excluding carboxylic acids is 1. The summed E-state index contributed by atoms with van der Waals surface area (Å²) in [7, 11) is 0. The van der Waals surface area contributed by atoms with Gasteiger partial charge < -0.3 is 15.7 Å². The van der Waals surface area contributed by atoms with Crippen LogP contribution in [0, 0.1) is 5.92 Å². The fraction of sp³-hybridized carbons (Fsp3) is 0.562. The maximum absolute atomic E-state index is 12.4. The van der Waals surface area contributed by atoms with Crippen molar-refractivity contribution in [1.29, 1.82) is 0 Å². The minimum absolute atomic E-state index is 0.0639. The van der Waals surface area contributed by atoms with Crippen molar-refractivity contribution in [2.24, 2.45) is 5.92 Å². The molecule has 3 rings (SSSR count). The highest BCUT2D eigenvalue weighted by atomic mass is 16.3. The van der Waals surface area contributed by atoms with Gasteiger partial charge in [0, 0.05) is 24.7 Å². The first-order valence-corrected chi connectivity index (χ1v) is 7.54. The van der Waals surface area contributed by atoms with Crippen molar-refractivity contribution in [3.8, 4) is 0 Å². The van der Waals surface area contributed by atoms with Crippen LogP contribution in [0.25, 0.3) is 0 Å². The number of anilines is 1. The van der Waals surface area contributed by atoms with E-state index in [2.05, 4.69) is 10.6 Å². The fourth-order valence-electron chi connectivity index (χ4n) is 3.35. The smallest absolute Gasteiger partial charge is 0.227 e. The van der Waals surface area contributed by atoms with Crippen molar-refractivity contribution >= 4 is 11.6 Å². The van der Waals surface area contributed by atoms with E-state index in [0.717, 1.165) is 43.5 Å². The van der Waals surface area contributed by atoms with Gasteiger partial charge >= 0.3 is 0 Å². The molecule has 1 aromatic rings. The predicted molar refractivity (Wildman–Crippen MR) is 78.6 cm³/mol. The van der Waals surface area contributed by atoms with Gasteiger partial charge in [-0.25, -0.2) is 0 Å². The molecule has 4 nitrogen and oxygen atoms in total. The Morgan fingerprint density at radius 2 is 2.15 bits per heavy atom. The minimum atomic E-state index is -0.240. The lowest BCUT2D eigenvalue weighted by molar-refractivity contribution is -0.123. The first-order valence-electron chi connectivity index (χ1n) is 7.54. The van der Waals surface area contributed by atoms with Gasteiger partial charge in [-0.05, 0) is 30.9 Å². The zero-order valence-corrected chi connectivity index (χ0v) is 11.6. The zero-order chi connectivity index (χ0) is 13.9. The Labute approximate surface area is 119 Å². The molecule has 1 fully saturated rings. The molecule has 1 aromatic carbocycles. The molecule has 0 radical (unpaired) electrons. The number of fused-ring (bicyclic) bond motifs is 1. The quantitative estimate of drug-likeness (QED) is 0.788. The van der Waals surface area contributed by atoms with Crippen molar-refractivity contribution in [1.82, 2.24) is 5.32 Å². The number of para-hydroxylation sites is 1. The van der Waals surface area contributed by atoms with Crippen molar-refractivity contribution in [3.63, 3.8) is 0 Å². The molecule has 3 N–H and O–H groups in total. The van der Waals surface area contributed by atoms with Crippen LogP contribution in [0.15, 0.2) is 24.3 Å². The highest BCUT2D eigenvalue weighted by Crippen LogP contribution is 2.31. The topological polar surface area (TPSA) is 61.4 Å². The standard InChI is InChI=1S/C16H22N2O2/c19-15-7-3-4-11(15)10-18-16(20)13-8-9-17-14-6-2-1-5-12(13)14/h1-2,5-6,11,13,15,17,19H,3-4,7-10H2,(H,18,20). The molecule has 2 aliphatic rings. The van der Waals surface area contributed by atoms with Gasteiger partial charge in [0.15, 0.2) is 0 Å². The summed E-state index contributed by atoms with van der Waals surface area (Å²) in [6, 6.07) is 8.01. The third-order valence-corrected chi connectivity index (χ3v) is 4.56. The van der Waals surface area contributed by atoms with Gasteiger partial charge in [0.05, 0.1) is 12.0 Å². The number of carbonyl (C=O) groups is 1. The SMILES string of the molecule is O=C(NCC1CCCC1O)C1CCNc2ccccc21. The molecule has 4 heteroatoms. The van der Waals surface area contributed by atoms with Gasteiger partial charge in [0.25, 0.3) is 0 Å². The van der Waals surface area contributed by atoms with Gasteiger partial charge in [-0.1, -0.05) is 24.6 Å². The molecule has 3 unspecified atom stereocenters. The normalized spacial score (nSPS) is 28.6. The van der Waals surface area contributed by atoms with Crippen molar-refractivity contribution in [2.45, 2.75) is 37.7 Å². The van der Waals surface area contributed by atoms with Crippen LogP contribution < -0.4 is 10.6 Å². The van der Waals surface area contributed by atoms with Gasteiger partial charge in [0.1, 0.15) is 0 Å². The van der Waals surface area contributed by atoms with E-state index in [-0.39, 0.29) is 23.8 Å². The second kappa shape index (κ2) is 5.83. The predicted octanol–water partition coefficient (Wildman–Crippen LogP) is 1.86. The lowest BCUT2D eigenvalue weighted by Gasteiger charge is -2.26. The van der Waals surface area contributed by atoms with Crippen LogP contribution in [0.5, 0.6) is 0 Å². The van der Waals surface area contributed by atoms with Crippen LogP contribution in [0.3, 0.4) is 0 Å². The maximum atomic E-state index is 12.4. The number of rotatable bonds is 3. The van der Waals surface area contributed by atoms with E-state index < -0.39 is 0 Å². The highest BCUT2D eigenvalue weighted by molar-refractivity contribution is 5.86. The van der Waals surface area contributed by atoms with Crippen molar-refractivity contribution in [3.05, 3.63) is 29.8 Å². The third-order valence-electron chi connectivity index (χ3n) is 4.56. The maximum Gasteiger partial charge on any atom is 0.227 e. The first kappa shape index (κ1) is 13.4. The highest BCUT2D eigenvalue weighted by Gasteiger charge is 2.29. The molecule has 20 heavy (non-hydrogen) atoms. The molecule has 0 spiro atoms. The summed E-state index contributed by atoms with van der Waals surface area (Å²) in [6.07, 6.45) is 3.55. The van der Waals surface area contributed by atoms with E-state index in [1.54, 1.807) is 0 Å². The summed E-state index contributed by atoms with van der Waals surface area (Å²) in [4.78, 5) is 12.4. The number of aliphatic hydroxyl groups excluding tert-OH is 1. The van der Waals surface area contributed by atoms with Gasteiger partial charge in [0.2, 0.25) is 5.91 Å². The summed E-state index contributed by atoms with van der Waals surface area (Å²) in [5, 5.41) is 16.2. The number of amides is 1. The van der Waals surface area contributed by atoms with Crippen LogP contribution in [-0.2, 0) is 4.79 Å². The van der Waals surface area contributed by atoms with Gasteiger partial charge in [-0.3, -0.25) is 4.79 Å². The molecule has 108 valence electrons. The lowest BCUT2D eigenvalue weighted by atomic mass is 9.90. The molecule has 0 saturated heterocycles. The van der Waals surface area contributed by atoms with E-state index in [9.17, 15) is 9.90 Å². The summed E-state index contributed by atoms with van der Waals surface area (Å²) in [5.74, 6) is 0.264. The summed E-state index contributed by atoms with van der Waals surface area (Å²) >= 11 is 0. The molecule has 1 aliphatic carbocycles. The Bertz CT molecular complexity index is 489. The monoisotopic (exact) mass is 274 g/mol. The first-order chi connectivity index (χ1) is 9.75. The average Bonchev–Trinajstić information content (AvgIpc) is 2.89. The average molecular weight is 274 g/mol. The Morgan fingerprint density at radius 3 is 2.95 bits per heavy atom. The van der Waals surface area contributed by atoms with Gasteiger partial charge in [-0.2, -0.15) is 0 Å². The van der Waals surface area contributed by atoms with E-state index in [1.165, 1.54) is 0 Å². The molecular formula is C16H22N2O2. The van der Waals surface area contributed by atoms with E-state index in [1.807, 2.05) is 24.3 Å². The van der Waals surface area contributed by atoms with Crippen LogP contribution in [-0.4, -0.2) is 30.2 Å². The summed E-state index contributed by atoms with van der Waals surface area (Å²) in [5.41, 5.74) is 2.16. The second-order valence-electron chi connectivity index (χ2n) is 5.86. The Kier molecular flexibility index (Phi) is 3.92. The molecular weight excluding hydrogens is 252 g/mol. The van der Waals surface area contributed by atoms with Crippen molar-refractivity contribution in [2.75, 3.05) is 18.4 Å². The van der Waals surface area contributed by atoms with Crippen LogP contribution in [0.4, 0.5) is 5.69 Å². The number of nitrogens with one attached hydrogen (secondary N) is 2.